The van der Waals surface area contributed by atoms with Gasteiger partial charge >= 0.3 is 5.97 Å². The van der Waals surface area contributed by atoms with Crippen LogP contribution in [0.4, 0.5) is 5.69 Å². The van der Waals surface area contributed by atoms with E-state index in [0.29, 0.717) is 18.6 Å². The second kappa shape index (κ2) is 6.94. The van der Waals surface area contributed by atoms with Gasteiger partial charge in [-0.05, 0) is 45.9 Å². The summed E-state index contributed by atoms with van der Waals surface area (Å²) in [5.74, 6) is -0.729. The van der Waals surface area contributed by atoms with E-state index < -0.39 is 5.97 Å². The summed E-state index contributed by atoms with van der Waals surface area (Å²) < 4.78 is 0. The molecule has 116 valence electrons. The van der Waals surface area contributed by atoms with Gasteiger partial charge in [0.2, 0.25) is 0 Å². The van der Waals surface area contributed by atoms with E-state index in [1.807, 2.05) is 0 Å². The standard InChI is InChI=1S/C17H26N2O2/c1-13-4-6-15(7-5-13)19(11-9-17(20)21)16-8-10-18(3)14(2)12-16/h4-7,14,16H,8-12H2,1-3H3,(H,20,21). The lowest BCUT2D eigenvalue weighted by atomic mass is 9.96. The van der Waals surface area contributed by atoms with Gasteiger partial charge in [0.1, 0.15) is 0 Å². The van der Waals surface area contributed by atoms with E-state index in [0.717, 1.165) is 25.1 Å². The zero-order chi connectivity index (χ0) is 15.4. The lowest BCUT2D eigenvalue weighted by Crippen LogP contribution is -2.48. The maximum Gasteiger partial charge on any atom is 0.305 e. The predicted octanol–water partition coefficient (Wildman–Crippen LogP) is 2.76. The number of hydrogen-bond donors (Lipinski definition) is 1. The Labute approximate surface area is 127 Å². The molecule has 1 fully saturated rings. The predicted molar refractivity (Wildman–Crippen MR) is 85.9 cm³/mol. The van der Waals surface area contributed by atoms with Crippen LogP contribution in [0, 0.1) is 6.92 Å². The fraction of sp³-hybridized carbons (Fsp3) is 0.588. The molecule has 0 aromatic heterocycles. The molecule has 1 heterocycles. The van der Waals surface area contributed by atoms with Gasteiger partial charge in [-0.1, -0.05) is 17.7 Å². The Kier molecular flexibility index (Phi) is 5.23. The number of carboxylic acid groups (broad SMARTS) is 1. The molecule has 1 saturated heterocycles. The largest absolute Gasteiger partial charge is 0.481 e. The first kappa shape index (κ1) is 15.8. The van der Waals surface area contributed by atoms with Crippen molar-refractivity contribution in [1.29, 1.82) is 0 Å². The van der Waals surface area contributed by atoms with E-state index in [4.69, 9.17) is 5.11 Å². The number of carboxylic acids is 1. The first-order valence-corrected chi connectivity index (χ1v) is 7.72. The molecule has 0 saturated carbocycles. The molecule has 1 aromatic rings. The van der Waals surface area contributed by atoms with E-state index in [1.54, 1.807) is 0 Å². The molecule has 1 N–H and O–H groups in total. The summed E-state index contributed by atoms with van der Waals surface area (Å²) in [6.45, 7) is 5.97. The molecular weight excluding hydrogens is 264 g/mol. The number of benzene rings is 1. The van der Waals surface area contributed by atoms with Gasteiger partial charge in [-0.25, -0.2) is 0 Å². The topological polar surface area (TPSA) is 43.8 Å². The summed E-state index contributed by atoms with van der Waals surface area (Å²) in [5, 5.41) is 9.01. The summed E-state index contributed by atoms with van der Waals surface area (Å²) in [6, 6.07) is 9.39. The average Bonchev–Trinajstić information content (AvgIpc) is 2.44. The molecule has 21 heavy (non-hydrogen) atoms. The molecule has 1 aliphatic rings. The van der Waals surface area contributed by atoms with Gasteiger partial charge in [0, 0.05) is 30.9 Å². The van der Waals surface area contributed by atoms with Crippen LogP contribution < -0.4 is 4.90 Å². The van der Waals surface area contributed by atoms with Gasteiger partial charge in [0.15, 0.2) is 0 Å². The lowest BCUT2D eigenvalue weighted by Gasteiger charge is -2.42. The number of aliphatic carboxylic acids is 1. The Morgan fingerprint density at radius 2 is 2.05 bits per heavy atom. The number of anilines is 1. The molecule has 0 spiro atoms. The van der Waals surface area contributed by atoms with Gasteiger partial charge in [-0.3, -0.25) is 4.79 Å². The molecule has 0 radical (unpaired) electrons. The fourth-order valence-electron chi connectivity index (χ4n) is 3.02. The summed E-state index contributed by atoms with van der Waals surface area (Å²) in [7, 11) is 2.16. The van der Waals surface area contributed by atoms with Gasteiger partial charge in [0.05, 0.1) is 6.42 Å². The summed E-state index contributed by atoms with van der Waals surface area (Å²) in [4.78, 5) is 15.6. The summed E-state index contributed by atoms with van der Waals surface area (Å²) in [5.41, 5.74) is 2.37. The Balaban J connectivity index is 2.15. The third-order valence-electron chi connectivity index (χ3n) is 4.55. The minimum atomic E-state index is -0.729. The maximum atomic E-state index is 11.0. The lowest BCUT2D eigenvalue weighted by molar-refractivity contribution is -0.136. The Morgan fingerprint density at radius 3 is 2.62 bits per heavy atom. The summed E-state index contributed by atoms with van der Waals surface area (Å²) >= 11 is 0. The number of carbonyl (C=O) groups is 1. The van der Waals surface area contributed by atoms with Crippen LogP contribution >= 0.6 is 0 Å². The molecule has 4 heteroatoms. The molecular formula is C17H26N2O2. The third-order valence-corrected chi connectivity index (χ3v) is 4.55. The van der Waals surface area contributed by atoms with Crippen LogP contribution in [0.2, 0.25) is 0 Å². The van der Waals surface area contributed by atoms with Crippen molar-refractivity contribution in [3.63, 3.8) is 0 Å². The minimum Gasteiger partial charge on any atom is -0.481 e. The van der Waals surface area contributed by atoms with Crippen LogP contribution in [0.25, 0.3) is 0 Å². The van der Waals surface area contributed by atoms with Gasteiger partial charge in [-0.15, -0.1) is 0 Å². The summed E-state index contributed by atoms with van der Waals surface area (Å²) in [6.07, 6.45) is 2.37. The van der Waals surface area contributed by atoms with Crippen molar-refractivity contribution in [3.05, 3.63) is 29.8 Å². The number of hydrogen-bond acceptors (Lipinski definition) is 3. The highest BCUT2D eigenvalue weighted by molar-refractivity contribution is 5.67. The van der Waals surface area contributed by atoms with E-state index in [2.05, 4.69) is 55.0 Å². The second-order valence-corrected chi connectivity index (χ2v) is 6.18. The number of aryl methyl sites for hydroxylation is 1. The third kappa shape index (κ3) is 4.21. The van der Waals surface area contributed by atoms with Crippen molar-refractivity contribution < 1.29 is 9.90 Å². The van der Waals surface area contributed by atoms with E-state index >= 15 is 0 Å². The highest BCUT2D eigenvalue weighted by Gasteiger charge is 2.27. The Bertz CT molecular complexity index is 472. The van der Waals surface area contributed by atoms with Crippen molar-refractivity contribution in [2.24, 2.45) is 0 Å². The van der Waals surface area contributed by atoms with Crippen molar-refractivity contribution in [2.45, 2.75) is 45.2 Å². The average molecular weight is 290 g/mol. The zero-order valence-electron chi connectivity index (χ0n) is 13.2. The number of piperidine rings is 1. The van der Waals surface area contributed by atoms with Crippen molar-refractivity contribution in [3.8, 4) is 0 Å². The van der Waals surface area contributed by atoms with Crippen LogP contribution in [0.1, 0.15) is 31.7 Å². The van der Waals surface area contributed by atoms with Crippen molar-refractivity contribution >= 4 is 11.7 Å². The van der Waals surface area contributed by atoms with Crippen LogP contribution in [0.3, 0.4) is 0 Å². The molecule has 0 aliphatic carbocycles. The maximum absolute atomic E-state index is 11.0. The van der Waals surface area contributed by atoms with E-state index in [1.165, 1.54) is 5.56 Å². The Morgan fingerprint density at radius 1 is 1.38 bits per heavy atom. The van der Waals surface area contributed by atoms with E-state index in [9.17, 15) is 4.79 Å². The van der Waals surface area contributed by atoms with E-state index in [-0.39, 0.29) is 6.42 Å². The molecule has 0 amide bonds. The highest BCUT2D eigenvalue weighted by atomic mass is 16.4. The van der Waals surface area contributed by atoms with Crippen molar-refractivity contribution in [2.75, 3.05) is 25.0 Å². The van der Waals surface area contributed by atoms with Crippen LogP contribution in [0.15, 0.2) is 24.3 Å². The fourth-order valence-corrected chi connectivity index (χ4v) is 3.02. The number of rotatable bonds is 5. The smallest absolute Gasteiger partial charge is 0.305 e. The molecule has 1 aliphatic heterocycles. The monoisotopic (exact) mass is 290 g/mol. The molecule has 2 atom stereocenters. The van der Waals surface area contributed by atoms with Gasteiger partial charge in [0.25, 0.3) is 0 Å². The molecule has 2 rings (SSSR count). The number of nitrogens with zero attached hydrogens (tertiary/aromatic N) is 2. The Hall–Kier alpha value is -1.55. The SMILES string of the molecule is Cc1ccc(N(CCC(=O)O)C2CCN(C)C(C)C2)cc1. The molecule has 4 nitrogen and oxygen atoms in total. The first-order valence-electron chi connectivity index (χ1n) is 7.72. The zero-order valence-corrected chi connectivity index (χ0v) is 13.2. The number of likely N-dealkylation sites (tertiary alicyclic amines) is 1. The molecule has 0 bridgehead atoms. The second-order valence-electron chi connectivity index (χ2n) is 6.18. The van der Waals surface area contributed by atoms with Gasteiger partial charge < -0.3 is 14.9 Å². The normalized spacial score (nSPS) is 23.0. The van der Waals surface area contributed by atoms with Crippen LogP contribution in [0.5, 0.6) is 0 Å². The van der Waals surface area contributed by atoms with Crippen molar-refractivity contribution in [1.82, 2.24) is 4.90 Å². The molecule has 2 unspecified atom stereocenters. The van der Waals surface area contributed by atoms with Gasteiger partial charge in [-0.2, -0.15) is 0 Å². The molecule has 1 aromatic carbocycles. The quantitative estimate of drug-likeness (QED) is 0.905. The van der Waals surface area contributed by atoms with Crippen LogP contribution in [-0.4, -0.2) is 48.2 Å². The first-order chi connectivity index (χ1) is 9.97. The highest BCUT2D eigenvalue weighted by Crippen LogP contribution is 2.26. The minimum absolute atomic E-state index is 0.189. The van der Waals surface area contributed by atoms with Crippen LogP contribution in [-0.2, 0) is 4.79 Å².